The van der Waals surface area contributed by atoms with Crippen molar-refractivity contribution < 1.29 is 20.1 Å². The van der Waals surface area contributed by atoms with E-state index in [1.165, 1.54) is 5.56 Å². The fourth-order valence-corrected chi connectivity index (χ4v) is 8.79. The van der Waals surface area contributed by atoms with E-state index in [0.29, 0.717) is 18.2 Å². The number of likely N-dealkylation sites (tertiary alicyclic amines) is 1. The van der Waals surface area contributed by atoms with Gasteiger partial charge in [-0.15, -0.1) is 6.58 Å². The molecule has 0 radical (unpaired) electrons. The molecule has 5 nitrogen and oxygen atoms in total. The Kier molecular flexibility index (Phi) is 3.88. The molecule has 32 heavy (non-hydrogen) atoms. The first-order chi connectivity index (χ1) is 14.9. The monoisotopic (exact) mass is 439 g/mol. The van der Waals surface area contributed by atoms with Gasteiger partial charge in [-0.05, 0) is 62.6 Å². The zero-order chi connectivity index (χ0) is 22.9. The van der Waals surface area contributed by atoms with Crippen LogP contribution < -0.4 is 4.74 Å². The average Bonchev–Trinajstić information content (AvgIpc) is 3.08. The lowest BCUT2D eigenvalue weighted by Crippen LogP contribution is -2.82. The second-order valence-electron chi connectivity index (χ2n) is 12.5. The number of hydrogen-bond donors (Lipinski definition) is 3. The lowest BCUT2D eigenvalue weighted by atomic mass is 9.33. The first-order valence-corrected chi connectivity index (χ1v) is 12.3. The standard InChI is InChI=1S/C27H37NO4/c1-6-12-28-13-11-26-20-16-7-8-17(29)21(20)32-22(26)27(31)10-9-25(26,19(28)14-16)15-18(27)24(5,30)23(2,3)4/h6-8,18-19,22,29-31H,1,9-15H2,2-5H3/t18-,19-,22-,24+,25-,26+,27-/m1/s1. The maximum atomic E-state index is 12.4. The van der Waals surface area contributed by atoms with Crippen molar-refractivity contribution in [2.45, 2.75) is 88.6 Å². The summed E-state index contributed by atoms with van der Waals surface area (Å²) in [7, 11) is 0. The van der Waals surface area contributed by atoms with E-state index in [4.69, 9.17) is 4.74 Å². The van der Waals surface area contributed by atoms with Crippen LogP contribution in [-0.2, 0) is 11.8 Å². The maximum absolute atomic E-state index is 12.4. The molecule has 7 atom stereocenters. The molecule has 2 aliphatic heterocycles. The van der Waals surface area contributed by atoms with Crippen LogP contribution in [-0.4, -0.2) is 56.7 Å². The summed E-state index contributed by atoms with van der Waals surface area (Å²) in [4.78, 5) is 2.57. The molecule has 1 saturated heterocycles. The highest BCUT2D eigenvalue weighted by Gasteiger charge is 2.81. The van der Waals surface area contributed by atoms with Crippen LogP contribution in [0, 0.1) is 16.7 Å². The van der Waals surface area contributed by atoms with Gasteiger partial charge in [0, 0.05) is 34.9 Å². The van der Waals surface area contributed by atoms with Crippen molar-refractivity contribution in [3.8, 4) is 11.5 Å². The van der Waals surface area contributed by atoms with Crippen molar-refractivity contribution >= 4 is 0 Å². The minimum absolute atomic E-state index is 0.102. The summed E-state index contributed by atoms with van der Waals surface area (Å²) in [5.74, 6) is 0.465. The largest absolute Gasteiger partial charge is 0.504 e. The minimum atomic E-state index is -1.14. The molecule has 0 unspecified atom stereocenters. The predicted molar refractivity (Wildman–Crippen MR) is 123 cm³/mol. The van der Waals surface area contributed by atoms with Gasteiger partial charge in [-0.3, -0.25) is 4.90 Å². The second-order valence-corrected chi connectivity index (χ2v) is 12.5. The molecule has 1 aromatic rings. The number of rotatable bonds is 3. The van der Waals surface area contributed by atoms with Crippen molar-refractivity contribution in [1.82, 2.24) is 4.90 Å². The Morgan fingerprint density at radius 3 is 2.66 bits per heavy atom. The number of aliphatic hydroxyl groups is 2. The Morgan fingerprint density at radius 1 is 1.22 bits per heavy atom. The minimum Gasteiger partial charge on any atom is -0.504 e. The van der Waals surface area contributed by atoms with Crippen molar-refractivity contribution in [1.29, 1.82) is 0 Å². The molecule has 2 spiro atoms. The van der Waals surface area contributed by atoms with Crippen LogP contribution in [0.2, 0.25) is 0 Å². The van der Waals surface area contributed by atoms with Crippen LogP contribution >= 0.6 is 0 Å². The van der Waals surface area contributed by atoms with Crippen molar-refractivity contribution in [2.75, 3.05) is 13.1 Å². The molecule has 4 fully saturated rings. The molecule has 0 aromatic heterocycles. The smallest absolute Gasteiger partial charge is 0.165 e. The third kappa shape index (κ3) is 2.04. The molecular weight excluding hydrogens is 402 g/mol. The Bertz CT molecular complexity index is 1010. The van der Waals surface area contributed by atoms with Crippen molar-refractivity contribution in [2.24, 2.45) is 16.7 Å². The Morgan fingerprint density at radius 2 is 1.97 bits per heavy atom. The number of aromatic hydroxyl groups is 1. The third-order valence-corrected chi connectivity index (χ3v) is 10.7. The normalized spacial score (nSPS) is 43.4. The molecule has 4 aliphatic carbocycles. The van der Waals surface area contributed by atoms with Crippen molar-refractivity contribution in [3.05, 3.63) is 35.9 Å². The molecule has 3 saturated carbocycles. The number of benzene rings is 1. The van der Waals surface area contributed by atoms with E-state index in [2.05, 4.69) is 38.3 Å². The quantitative estimate of drug-likeness (QED) is 0.629. The maximum Gasteiger partial charge on any atom is 0.165 e. The highest BCUT2D eigenvalue weighted by atomic mass is 16.5. The number of fused-ring (bicyclic) bond motifs is 2. The van der Waals surface area contributed by atoms with Crippen LogP contribution in [0.25, 0.3) is 0 Å². The van der Waals surface area contributed by atoms with Gasteiger partial charge in [0.2, 0.25) is 0 Å². The first kappa shape index (κ1) is 21.0. The van der Waals surface area contributed by atoms with Crippen LogP contribution in [0.1, 0.15) is 64.5 Å². The number of phenols is 1. The average molecular weight is 440 g/mol. The molecule has 6 aliphatic rings. The first-order valence-electron chi connectivity index (χ1n) is 12.3. The lowest BCUT2D eigenvalue weighted by molar-refractivity contribution is -0.304. The highest BCUT2D eigenvalue weighted by molar-refractivity contribution is 5.63. The zero-order valence-corrected chi connectivity index (χ0v) is 19.8. The third-order valence-electron chi connectivity index (χ3n) is 10.7. The lowest BCUT2D eigenvalue weighted by Gasteiger charge is -2.74. The van der Waals surface area contributed by atoms with Gasteiger partial charge in [0.15, 0.2) is 11.5 Å². The molecule has 1 aromatic carbocycles. The van der Waals surface area contributed by atoms with Crippen LogP contribution in [0.3, 0.4) is 0 Å². The predicted octanol–water partition coefficient (Wildman–Crippen LogP) is 3.54. The van der Waals surface area contributed by atoms with Gasteiger partial charge in [-0.1, -0.05) is 32.9 Å². The topological polar surface area (TPSA) is 73.2 Å². The molecule has 2 heterocycles. The molecule has 5 heteroatoms. The molecule has 7 rings (SSSR count). The summed E-state index contributed by atoms with van der Waals surface area (Å²) in [5, 5.41) is 35.1. The van der Waals surface area contributed by atoms with E-state index in [-0.39, 0.29) is 22.5 Å². The fourth-order valence-electron chi connectivity index (χ4n) is 8.79. The van der Waals surface area contributed by atoms with E-state index >= 15 is 0 Å². The van der Waals surface area contributed by atoms with Crippen LogP contribution in [0.4, 0.5) is 0 Å². The molecule has 0 amide bonds. The number of piperidine rings is 1. The van der Waals surface area contributed by atoms with Gasteiger partial charge in [0.05, 0.1) is 5.60 Å². The number of hydrogen-bond acceptors (Lipinski definition) is 5. The number of nitrogens with zero attached hydrogens (tertiary/aromatic N) is 1. The van der Waals surface area contributed by atoms with Gasteiger partial charge >= 0.3 is 0 Å². The second kappa shape index (κ2) is 5.92. The Balaban J connectivity index is 1.62. The zero-order valence-electron chi connectivity index (χ0n) is 19.8. The summed E-state index contributed by atoms with van der Waals surface area (Å²) in [6, 6.07) is 4.13. The van der Waals surface area contributed by atoms with Crippen LogP contribution in [0.15, 0.2) is 24.8 Å². The summed E-state index contributed by atoms with van der Waals surface area (Å²) < 4.78 is 6.62. The molecule has 174 valence electrons. The van der Waals surface area contributed by atoms with E-state index in [1.807, 2.05) is 13.0 Å². The van der Waals surface area contributed by atoms with E-state index in [9.17, 15) is 15.3 Å². The number of phenolic OH excluding ortho intramolecular Hbond substituents is 1. The van der Waals surface area contributed by atoms with Gasteiger partial charge < -0.3 is 20.1 Å². The summed E-state index contributed by atoms with van der Waals surface area (Å²) in [6.07, 6.45) is 5.70. The SMILES string of the molecule is C=CCN1CC[C@]23c4c5ccc(O)c4O[C@H]2[C@@]2(O)CC[C@@]3(C[C@@H]2[C@](C)(O)C(C)(C)C)[C@H]1C5. The van der Waals surface area contributed by atoms with Crippen molar-refractivity contribution in [3.63, 3.8) is 0 Å². The Labute approximate surface area is 191 Å². The van der Waals surface area contributed by atoms with E-state index in [1.54, 1.807) is 6.07 Å². The summed E-state index contributed by atoms with van der Waals surface area (Å²) >= 11 is 0. The Hall–Kier alpha value is -1.56. The molecule has 3 N–H and O–H groups in total. The highest BCUT2D eigenvalue weighted by Crippen LogP contribution is 2.77. The number of ether oxygens (including phenoxy) is 1. The van der Waals surface area contributed by atoms with E-state index < -0.39 is 22.7 Å². The van der Waals surface area contributed by atoms with Gasteiger partial charge in [0.1, 0.15) is 11.7 Å². The fraction of sp³-hybridized carbons (Fsp3) is 0.704. The molecular formula is C27H37NO4. The van der Waals surface area contributed by atoms with E-state index in [0.717, 1.165) is 44.3 Å². The summed E-state index contributed by atoms with van der Waals surface area (Å²) in [6.45, 7) is 13.9. The van der Waals surface area contributed by atoms with Gasteiger partial charge in [-0.2, -0.15) is 0 Å². The summed E-state index contributed by atoms with van der Waals surface area (Å²) in [5.41, 5.74) is -0.593. The van der Waals surface area contributed by atoms with Crippen LogP contribution in [0.5, 0.6) is 11.5 Å². The van der Waals surface area contributed by atoms with Gasteiger partial charge in [-0.25, -0.2) is 0 Å². The van der Waals surface area contributed by atoms with Gasteiger partial charge in [0.25, 0.3) is 0 Å². The molecule has 4 bridgehead atoms.